The third-order valence-corrected chi connectivity index (χ3v) is 7.82. The van der Waals surface area contributed by atoms with Crippen LogP contribution in [0.4, 0.5) is 17.1 Å². The highest BCUT2D eigenvalue weighted by Crippen LogP contribution is 2.26. The van der Waals surface area contributed by atoms with Crippen LogP contribution in [-0.2, 0) is 10.0 Å². The first-order chi connectivity index (χ1) is 16.6. The highest BCUT2D eigenvalue weighted by Gasteiger charge is 2.20. The van der Waals surface area contributed by atoms with Crippen LogP contribution in [0.25, 0.3) is 0 Å². The predicted molar refractivity (Wildman–Crippen MR) is 142 cm³/mol. The van der Waals surface area contributed by atoms with Crippen LogP contribution in [0.15, 0.2) is 65.6 Å². The maximum Gasteiger partial charge on any atom is 0.261 e. The Balaban J connectivity index is 1.52. The summed E-state index contributed by atoms with van der Waals surface area (Å²) < 4.78 is 28.6. The molecule has 1 heterocycles. The van der Waals surface area contributed by atoms with Gasteiger partial charge >= 0.3 is 0 Å². The number of benzene rings is 3. The molecule has 2 N–H and O–H groups in total. The second kappa shape index (κ2) is 10.1. The number of piperazine rings is 1. The molecule has 0 aromatic heterocycles. The van der Waals surface area contributed by atoms with E-state index in [9.17, 15) is 13.2 Å². The Morgan fingerprint density at radius 2 is 1.54 bits per heavy atom. The van der Waals surface area contributed by atoms with Gasteiger partial charge in [-0.2, -0.15) is 0 Å². The van der Waals surface area contributed by atoms with Gasteiger partial charge in [0.25, 0.3) is 15.9 Å². The summed E-state index contributed by atoms with van der Waals surface area (Å²) in [5.74, 6) is -0.345. The number of nitrogens with zero attached hydrogens (tertiary/aromatic N) is 2. The van der Waals surface area contributed by atoms with E-state index in [0.29, 0.717) is 22.5 Å². The normalized spacial score (nSPS) is 14.6. The fourth-order valence-corrected chi connectivity index (χ4v) is 5.39. The number of amides is 1. The molecule has 1 aliphatic heterocycles. The Morgan fingerprint density at radius 3 is 2.23 bits per heavy atom. The Kier molecular flexibility index (Phi) is 7.14. The molecule has 1 saturated heterocycles. The van der Waals surface area contributed by atoms with Crippen LogP contribution in [0.5, 0.6) is 0 Å². The minimum Gasteiger partial charge on any atom is -0.369 e. The summed E-state index contributed by atoms with van der Waals surface area (Å²) in [7, 11) is -1.72. The molecule has 0 bridgehead atoms. The number of aryl methyl sites for hydroxylation is 3. The zero-order valence-corrected chi connectivity index (χ0v) is 21.4. The van der Waals surface area contributed by atoms with Gasteiger partial charge in [0.15, 0.2) is 0 Å². The second-order valence-electron chi connectivity index (χ2n) is 9.14. The van der Waals surface area contributed by atoms with Crippen molar-refractivity contribution in [1.29, 1.82) is 0 Å². The van der Waals surface area contributed by atoms with E-state index >= 15 is 0 Å². The van der Waals surface area contributed by atoms with Crippen molar-refractivity contribution < 1.29 is 13.2 Å². The summed E-state index contributed by atoms with van der Waals surface area (Å²) in [6, 6.07) is 17.7. The Labute approximate surface area is 207 Å². The predicted octanol–water partition coefficient (Wildman–Crippen LogP) is 4.42. The number of para-hydroxylation sites is 1. The van der Waals surface area contributed by atoms with E-state index in [4.69, 9.17) is 0 Å². The molecule has 0 aliphatic carbocycles. The molecule has 7 nitrogen and oxygen atoms in total. The van der Waals surface area contributed by atoms with Crippen LogP contribution < -0.4 is 14.9 Å². The van der Waals surface area contributed by atoms with Gasteiger partial charge in [0.05, 0.1) is 10.6 Å². The number of hydrogen-bond acceptors (Lipinski definition) is 5. The van der Waals surface area contributed by atoms with Crippen molar-refractivity contribution >= 4 is 33.0 Å². The van der Waals surface area contributed by atoms with Gasteiger partial charge in [0.2, 0.25) is 0 Å². The third kappa shape index (κ3) is 5.66. The number of hydrogen-bond donors (Lipinski definition) is 2. The monoisotopic (exact) mass is 492 g/mol. The van der Waals surface area contributed by atoms with Crippen LogP contribution >= 0.6 is 0 Å². The minimum atomic E-state index is -3.85. The van der Waals surface area contributed by atoms with Crippen molar-refractivity contribution in [1.82, 2.24) is 4.90 Å². The molecule has 1 aliphatic rings. The summed E-state index contributed by atoms with van der Waals surface area (Å²) in [5.41, 5.74) is 5.27. The standard InChI is InChI=1S/C27H32N4O3S/c1-19-9-11-23(35(33,34)29-25-8-6-5-7-20(25)2)18-24(19)27(32)28-22-10-12-26(21(3)17-22)31-15-13-30(4)14-16-31/h5-12,17-18,29H,13-16H2,1-4H3,(H,28,32). The van der Waals surface area contributed by atoms with Crippen LogP contribution in [0.2, 0.25) is 0 Å². The van der Waals surface area contributed by atoms with Gasteiger partial charge in [-0.25, -0.2) is 8.42 Å². The van der Waals surface area contributed by atoms with Gasteiger partial charge in [-0.1, -0.05) is 24.3 Å². The van der Waals surface area contributed by atoms with Gasteiger partial charge < -0.3 is 15.1 Å². The minimum absolute atomic E-state index is 0.0399. The molecule has 4 rings (SSSR count). The Morgan fingerprint density at radius 1 is 0.829 bits per heavy atom. The van der Waals surface area contributed by atoms with Gasteiger partial charge in [-0.3, -0.25) is 9.52 Å². The summed E-state index contributed by atoms with van der Waals surface area (Å²) >= 11 is 0. The maximum atomic E-state index is 13.1. The van der Waals surface area contributed by atoms with Crippen molar-refractivity contribution in [3.63, 3.8) is 0 Å². The van der Waals surface area contributed by atoms with Crippen LogP contribution in [-0.4, -0.2) is 52.5 Å². The van der Waals surface area contributed by atoms with Gasteiger partial charge in [0, 0.05) is 43.1 Å². The van der Waals surface area contributed by atoms with Crippen molar-refractivity contribution in [2.75, 3.05) is 48.2 Å². The Hall–Kier alpha value is -3.36. The first kappa shape index (κ1) is 24.8. The van der Waals surface area contributed by atoms with Crippen molar-refractivity contribution in [3.05, 3.63) is 82.9 Å². The number of likely N-dealkylation sites (N-methyl/N-ethyl adjacent to an activating group) is 1. The second-order valence-corrected chi connectivity index (χ2v) is 10.8. The van der Waals surface area contributed by atoms with E-state index in [1.807, 2.05) is 44.2 Å². The lowest BCUT2D eigenvalue weighted by molar-refractivity contribution is 0.102. The largest absolute Gasteiger partial charge is 0.369 e. The fraction of sp³-hybridized carbons (Fsp3) is 0.296. The van der Waals surface area contributed by atoms with Crippen LogP contribution in [0, 0.1) is 20.8 Å². The van der Waals surface area contributed by atoms with E-state index in [-0.39, 0.29) is 10.8 Å². The maximum absolute atomic E-state index is 13.1. The van der Waals surface area contributed by atoms with Crippen LogP contribution in [0.1, 0.15) is 27.0 Å². The highest BCUT2D eigenvalue weighted by atomic mass is 32.2. The molecule has 0 atom stereocenters. The molecule has 0 radical (unpaired) electrons. The van der Waals surface area contributed by atoms with E-state index in [1.54, 1.807) is 25.1 Å². The lowest BCUT2D eigenvalue weighted by Crippen LogP contribution is -2.44. The molecule has 0 saturated carbocycles. The molecule has 8 heteroatoms. The molecule has 0 unspecified atom stereocenters. The lowest BCUT2D eigenvalue weighted by Gasteiger charge is -2.35. The number of sulfonamides is 1. The SMILES string of the molecule is Cc1ccccc1NS(=O)(=O)c1ccc(C)c(C(=O)Nc2ccc(N3CCN(C)CC3)c(C)c2)c1. The molecule has 184 valence electrons. The zero-order valence-electron chi connectivity index (χ0n) is 20.6. The van der Waals surface area contributed by atoms with Gasteiger partial charge in [-0.05, 0) is 80.9 Å². The molecule has 0 spiro atoms. The van der Waals surface area contributed by atoms with E-state index in [0.717, 1.165) is 37.3 Å². The summed E-state index contributed by atoms with van der Waals surface area (Å²) in [4.78, 5) is 17.8. The molecule has 1 fully saturated rings. The van der Waals surface area contributed by atoms with Gasteiger partial charge in [0.1, 0.15) is 0 Å². The summed E-state index contributed by atoms with van der Waals surface area (Å²) in [5, 5.41) is 2.93. The highest BCUT2D eigenvalue weighted by molar-refractivity contribution is 7.92. The van der Waals surface area contributed by atoms with Crippen LogP contribution in [0.3, 0.4) is 0 Å². The number of rotatable bonds is 6. The van der Waals surface area contributed by atoms with Gasteiger partial charge in [-0.15, -0.1) is 0 Å². The number of nitrogens with one attached hydrogen (secondary N) is 2. The molecule has 35 heavy (non-hydrogen) atoms. The molecule has 3 aromatic carbocycles. The molecular weight excluding hydrogens is 460 g/mol. The quantitative estimate of drug-likeness (QED) is 0.533. The van der Waals surface area contributed by atoms with Crippen molar-refractivity contribution in [3.8, 4) is 0 Å². The zero-order chi connectivity index (χ0) is 25.2. The number of carbonyl (C=O) groups excluding carboxylic acids is 1. The fourth-order valence-electron chi connectivity index (χ4n) is 4.24. The van der Waals surface area contributed by atoms with E-state index in [2.05, 4.69) is 26.9 Å². The van der Waals surface area contributed by atoms with Crippen molar-refractivity contribution in [2.45, 2.75) is 25.7 Å². The molecule has 1 amide bonds. The summed E-state index contributed by atoms with van der Waals surface area (Å²) in [6.07, 6.45) is 0. The topological polar surface area (TPSA) is 81.7 Å². The summed E-state index contributed by atoms with van der Waals surface area (Å²) in [6.45, 7) is 9.66. The smallest absolute Gasteiger partial charge is 0.261 e. The molecular formula is C27H32N4O3S. The molecule has 3 aromatic rings. The van der Waals surface area contributed by atoms with E-state index < -0.39 is 10.0 Å². The van der Waals surface area contributed by atoms with E-state index in [1.165, 1.54) is 17.8 Å². The Bertz CT molecular complexity index is 1350. The van der Waals surface area contributed by atoms with Crippen molar-refractivity contribution in [2.24, 2.45) is 0 Å². The number of anilines is 3. The number of carbonyl (C=O) groups is 1. The lowest BCUT2D eigenvalue weighted by atomic mass is 10.1. The first-order valence-corrected chi connectivity index (χ1v) is 13.2. The third-order valence-electron chi connectivity index (χ3n) is 6.45. The average Bonchev–Trinajstić information content (AvgIpc) is 2.81. The average molecular weight is 493 g/mol. The first-order valence-electron chi connectivity index (χ1n) is 11.7.